The van der Waals surface area contributed by atoms with Crippen LogP contribution in [0.3, 0.4) is 0 Å². The third kappa shape index (κ3) is 5.07. The molecule has 10 heteroatoms. The lowest BCUT2D eigenvalue weighted by Crippen LogP contribution is -2.10. The lowest BCUT2D eigenvalue weighted by atomic mass is 10.1. The van der Waals surface area contributed by atoms with Crippen molar-refractivity contribution in [1.29, 1.82) is 0 Å². The van der Waals surface area contributed by atoms with Crippen LogP contribution >= 0.6 is 27.3 Å². The lowest BCUT2D eigenvalue weighted by Gasteiger charge is -2.10. The Morgan fingerprint density at radius 1 is 1.06 bits per heavy atom. The molecule has 0 atom stereocenters. The van der Waals surface area contributed by atoms with E-state index in [0.717, 1.165) is 14.9 Å². The minimum absolute atomic E-state index is 0.113. The van der Waals surface area contributed by atoms with Crippen molar-refractivity contribution in [2.45, 2.75) is 16.3 Å². The third-order valence-corrected chi connectivity index (χ3v) is 7.92. The van der Waals surface area contributed by atoms with Crippen LogP contribution in [0.1, 0.15) is 5.56 Å². The summed E-state index contributed by atoms with van der Waals surface area (Å²) in [5.74, 6) is 1.65. The molecule has 172 valence electrons. The molecule has 0 amide bonds. The number of methoxy groups -OCH3 is 2. The molecule has 0 saturated carbocycles. The molecule has 2 heterocycles. The van der Waals surface area contributed by atoms with E-state index in [1.807, 2.05) is 35.7 Å². The maximum atomic E-state index is 13.3. The number of hydrogen-bond donors (Lipinski definition) is 1. The second-order valence-corrected chi connectivity index (χ2v) is 10.7. The topological polar surface area (TPSA) is 90.7 Å². The van der Waals surface area contributed by atoms with Gasteiger partial charge in [0.25, 0.3) is 0 Å². The Kier molecular flexibility index (Phi) is 7.06. The number of oxazole rings is 1. The van der Waals surface area contributed by atoms with Gasteiger partial charge in [-0.05, 0) is 59.8 Å². The fourth-order valence-electron chi connectivity index (χ4n) is 3.19. The number of anilines is 1. The molecule has 0 fully saturated rings. The van der Waals surface area contributed by atoms with Crippen LogP contribution in [0.4, 0.5) is 5.88 Å². The minimum atomic E-state index is -3.89. The normalized spacial score (nSPS) is 11.4. The van der Waals surface area contributed by atoms with Crippen molar-refractivity contribution in [2.75, 3.05) is 26.1 Å². The number of nitrogens with one attached hydrogen (secondary N) is 1. The van der Waals surface area contributed by atoms with Crippen molar-refractivity contribution in [3.05, 3.63) is 70.0 Å². The van der Waals surface area contributed by atoms with E-state index in [1.54, 1.807) is 26.4 Å². The van der Waals surface area contributed by atoms with Crippen LogP contribution in [0.5, 0.6) is 11.5 Å². The predicted molar refractivity (Wildman–Crippen MR) is 131 cm³/mol. The van der Waals surface area contributed by atoms with E-state index in [0.29, 0.717) is 24.5 Å². The smallest absolute Gasteiger partial charge is 0.240 e. The molecule has 33 heavy (non-hydrogen) atoms. The maximum Gasteiger partial charge on any atom is 0.240 e. The van der Waals surface area contributed by atoms with E-state index in [-0.39, 0.29) is 21.7 Å². The molecule has 0 saturated heterocycles. The first kappa shape index (κ1) is 23.3. The summed E-state index contributed by atoms with van der Waals surface area (Å²) in [7, 11) is -0.723. The Morgan fingerprint density at radius 3 is 2.48 bits per heavy atom. The standard InChI is InChI=1S/C23H21BrN2O5S2/c1-29-18-10-5-15(14-19(18)30-2)11-12-25-22-23(26-21(31-22)20-4-3-13-32-20)33(27,28)17-8-6-16(24)7-9-17/h3-10,13-14,25H,11-12H2,1-2H3. The zero-order valence-corrected chi connectivity index (χ0v) is 21.1. The van der Waals surface area contributed by atoms with Crippen LogP contribution < -0.4 is 14.8 Å². The molecule has 0 radical (unpaired) electrons. The molecule has 2 aromatic heterocycles. The minimum Gasteiger partial charge on any atom is -0.493 e. The van der Waals surface area contributed by atoms with Gasteiger partial charge in [-0.15, -0.1) is 11.3 Å². The largest absolute Gasteiger partial charge is 0.493 e. The molecule has 0 spiro atoms. The van der Waals surface area contributed by atoms with E-state index < -0.39 is 9.84 Å². The highest BCUT2D eigenvalue weighted by Gasteiger charge is 2.28. The van der Waals surface area contributed by atoms with Gasteiger partial charge in [0.15, 0.2) is 11.5 Å². The first-order valence-electron chi connectivity index (χ1n) is 9.92. The zero-order chi connectivity index (χ0) is 23.4. The van der Waals surface area contributed by atoms with Gasteiger partial charge in [0.2, 0.25) is 26.6 Å². The third-order valence-electron chi connectivity index (χ3n) is 4.85. The Bertz CT molecular complexity index is 1330. The SMILES string of the molecule is COc1ccc(CCNc2oc(-c3cccs3)nc2S(=O)(=O)c2ccc(Br)cc2)cc1OC. The highest BCUT2D eigenvalue weighted by molar-refractivity contribution is 9.10. The van der Waals surface area contributed by atoms with Crippen LogP contribution in [0.2, 0.25) is 0 Å². The van der Waals surface area contributed by atoms with Crippen LogP contribution in [0.25, 0.3) is 10.8 Å². The number of aromatic nitrogens is 1. The number of hydrogen-bond acceptors (Lipinski definition) is 8. The number of sulfone groups is 1. The zero-order valence-electron chi connectivity index (χ0n) is 17.9. The van der Waals surface area contributed by atoms with Crippen LogP contribution in [-0.2, 0) is 16.3 Å². The Morgan fingerprint density at radius 2 is 1.82 bits per heavy atom. The summed E-state index contributed by atoms with van der Waals surface area (Å²) >= 11 is 4.76. The molecule has 4 rings (SSSR count). The fourth-order valence-corrected chi connectivity index (χ4v) is 5.38. The van der Waals surface area contributed by atoms with E-state index >= 15 is 0 Å². The van der Waals surface area contributed by atoms with Crippen molar-refractivity contribution in [3.8, 4) is 22.3 Å². The molecule has 0 aliphatic rings. The van der Waals surface area contributed by atoms with Crippen LogP contribution in [0.15, 0.2) is 78.8 Å². The van der Waals surface area contributed by atoms with Gasteiger partial charge in [-0.2, -0.15) is 4.98 Å². The summed E-state index contributed by atoms with van der Waals surface area (Å²) in [6, 6.07) is 15.8. The Balaban J connectivity index is 1.61. The van der Waals surface area contributed by atoms with Crippen molar-refractivity contribution in [2.24, 2.45) is 0 Å². The van der Waals surface area contributed by atoms with Crippen molar-refractivity contribution >= 4 is 43.0 Å². The summed E-state index contributed by atoms with van der Waals surface area (Å²) in [5.41, 5.74) is 0.996. The van der Waals surface area contributed by atoms with Gasteiger partial charge in [-0.25, -0.2) is 8.42 Å². The average molecular weight is 549 g/mol. The molecule has 0 unspecified atom stereocenters. The molecule has 7 nitrogen and oxygen atoms in total. The van der Waals surface area contributed by atoms with E-state index in [1.165, 1.54) is 23.5 Å². The monoisotopic (exact) mass is 548 g/mol. The summed E-state index contributed by atoms with van der Waals surface area (Å²) < 4.78 is 43.9. The van der Waals surface area contributed by atoms with Crippen molar-refractivity contribution in [3.63, 3.8) is 0 Å². The number of thiophene rings is 1. The highest BCUT2D eigenvalue weighted by Crippen LogP contribution is 2.34. The molecule has 0 bridgehead atoms. The number of rotatable bonds is 9. The first-order valence-corrected chi connectivity index (χ1v) is 13.1. The van der Waals surface area contributed by atoms with E-state index in [4.69, 9.17) is 13.9 Å². The van der Waals surface area contributed by atoms with Crippen LogP contribution in [-0.4, -0.2) is 34.2 Å². The number of halogens is 1. The molecule has 2 aromatic carbocycles. The van der Waals surface area contributed by atoms with Gasteiger partial charge < -0.3 is 19.2 Å². The summed E-state index contributed by atoms with van der Waals surface area (Å²) in [6.07, 6.45) is 0.604. The van der Waals surface area contributed by atoms with E-state index in [2.05, 4.69) is 26.2 Å². The van der Waals surface area contributed by atoms with Crippen molar-refractivity contribution < 1.29 is 22.3 Å². The van der Waals surface area contributed by atoms with Gasteiger partial charge in [0.05, 0.1) is 24.0 Å². The van der Waals surface area contributed by atoms with Gasteiger partial charge >= 0.3 is 0 Å². The van der Waals surface area contributed by atoms with Gasteiger partial charge in [-0.3, -0.25) is 0 Å². The summed E-state index contributed by atoms with van der Waals surface area (Å²) in [4.78, 5) is 5.23. The fraction of sp³-hybridized carbons (Fsp3) is 0.174. The Labute approximate surface area is 204 Å². The molecular weight excluding hydrogens is 528 g/mol. The van der Waals surface area contributed by atoms with Crippen molar-refractivity contribution in [1.82, 2.24) is 4.98 Å². The van der Waals surface area contributed by atoms with Gasteiger partial charge in [0.1, 0.15) is 0 Å². The number of ether oxygens (including phenoxy) is 2. The number of nitrogens with zero attached hydrogens (tertiary/aromatic N) is 1. The quantitative estimate of drug-likeness (QED) is 0.288. The van der Waals surface area contributed by atoms with Gasteiger partial charge in [0, 0.05) is 11.0 Å². The molecular formula is C23H21BrN2O5S2. The summed E-state index contributed by atoms with van der Waals surface area (Å²) in [5, 5.41) is 4.86. The maximum absolute atomic E-state index is 13.3. The summed E-state index contributed by atoms with van der Waals surface area (Å²) in [6.45, 7) is 0.428. The highest BCUT2D eigenvalue weighted by atomic mass is 79.9. The van der Waals surface area contributed by atoms with E-state index in [9.17, 15) is 8.42 Å². The second-order valence-electron chi connectivity index (χ2n) is 6.95. The lowest BCUT2D eigenvalue weighted by molar-refractivity contribution is 0.354. The van der Waals surface area contributed by atoms with Gasteiger partial charge in [-0.1, -0.05) is 28.1 Å². The Hall–Kier alpha value is -2.82. The number of benzene rings is 2. The predicted octanol–water partition coefficient (Wildman–Crippen LogP) is 5.67. The van der Waals surface area contributed by atoms with Crippen LogP contribution in [0, 0.1) is 0 Å². The molecule has 0 aliphatic heterocycles. The first-order chi connectivity index (χ1) is 15.9. The molecule has 4 aromatic rings. The second kappa shape index (κ2) is 9.98. The average Bonchev–Trinajstić information content (AvgIpc) is 3.50. The molecule has 1 N–H and O–H groups in total. The molecule has 0 aliphatic carbocycles.